The summed E-state index contributed by atoms with van der Waals surface area (Å²) in [6.45, 7) is 2.02. The molecule has 1 aliphatic rings. The molecule has 1 aromatic heterocycles. The molecule has 0 N–H and O–H groups in total. The second kappa shape index (κ2) is 7.34. The molecule has 0 spiro atoms. The Balaban J connectivity index is 2.08. The zero-order chi connectivity index (χ0) is 17.1. The Morgan fingerprint density at radius 3 is 2.83 bits per heavy atom. The number of carbonyl (C=O) groups is 1. The molecule has 0 atom stereocenters. The summed E-state index contributed by atoms with van der Waals surface area (Å²) in [7, 11) is 0. The Morgan fingerprint density at radius 2 is 2.12 bits per heavy atom. The number of esters is 1. The highest BCUT2D eigenvalue weighted by Gasteiger charge is 2.25. The number of benzene rings is 1. The quantitative estimate of drug-likeness (QED) is 0.737. The minimum atomic E-state index is -0.510. The average molecular weight is 351 g/mol. The van der Waals surface area contributed by atoms with Crippen molar-refractivity contribution in [3.63, 3.8) is 0 Å². The molecule has 0 radical (unpaired) electrons. The van der Waals surface area contributed by atoms with Crippen LogP contribution in [0.15, 0.2) is 24.4 Å². The van der Waals surface area contributed by atoms with E-state index in [2.05, 4.69) is 4.98 Å². The number of nitrogens with zero attached hydrogens (tertiary/aromatic N) is 2. The smallest absolute Gasteiger partial charge is 0.358 e. The first-order chi connectivity index (χ1) is 11.6. The van der Waals surface area contributed by atoms with Crippen LogP contribution in [0.5, 0.6) is 0 Å². The predicted octanol–water partition coefficient (Wildman–Crippen LogP) is 4.89. The summed E-state index contributed by atoms with van der Waals surface area (Å²) < 4.78 is 21.2. The van der Waals surface area contributed by atoms with Gasteiger partial charge in [0.15, 0.2) is 11.5 Å². The molecule has 2 aromatic rings. The first-order valence-corrected chi connectivity index (χ1v) is 8.70. The van der Waals surface area contributed by atoms with E-state index < -0.39 is 11.8 Å². The van der Waals surface area contributed by atoms with Crippen molar-refractivity contribution < 1.29 is 13.9 Å². The van der Waals surface area contributed by atoms with Crippen LogP contribution in [0.1, 0.15) is 61.3 Å². The van der Waals surface area contributed by atoms with Crippen molar-refractivity contribution >= 4 is 17.6 Å². The van der Waals surface area contributed by atoms with Gasteiger partial charge in [-0.15, -0.1) is 0 Å². The Morgan fingerprint density at radius 1 is 1.38 bits per heavy atom. The van der Waals surface area contributed by atoms with Gasteiger partial charge in [-0.3, -0.25) is 4.57 Å². The maximum Gasteiger partial charge on any atom is 0.358 e. The Hall–Kier alpha value is -1.88. The summed E-state index contributed by atoms with van der Waals surface area (Å²) in [5.74, 6) is -0.0843. The van der Waals surface area contributed by atoms with Gasteiger partial charge in [0.2, 0.25) is 0 Å². The molecule has 1 aromatic carbocycles. The number of halogens is 2. The minimum absolute atomic E-state index is 0.0495. The normalized spacial score (nSPS) is 15.5. The molecule has 6 heteroatoms. The molecule has 3 rings (SSSR count). The molecule has 128 valence electrons. The number of aromatic nitrogens is 2. The fourth-order valence-corrected chi connectivity index (χ4v) is 3.39. The van der Waals surface area contributed by atoms with Gasteiger partial charge in [-0.1, -0.05) is 36.9 Å². The van der Waals surface area contributed by atoms with E-state index >= 15 is 0 Å². The molecule has 1 heterocycles. The predicted molar refractivity (Wildman–Crippen MR) is 90.3 cm³/mol. The molecule has 24 heavy (non-hydrogen) atoms. The second-order valence-electron chi connectivity index (χ2n) is 5.98. The van der Waals surface area contributed by atoms with E-state index in [1.165, 1.54) is 12.5 Å². The van der Waals surface area contributed by atoms with Crippen molar-refractivity contribution in [2.45, 2.75) is 44.9 Å². The van der Waals surface area contributed by atoms with Crippen LogP contribution in [0.3, 0.4) is 0 Å². The largest absolute Gasteiger partial charge is 0.461 e. The van der Waals surface area contributed by atoms with Gasteiger partial charge in [0, 0.05) is 12.1 Å². The number of imidazole rings is 1. The van der Waals surface area contributed by atoms with E-state index in [1.54, 1.807) is 29.8 Å². The molecule has 0 unspecified atom stereocenters. The Labute approximate surface area is 145 Å². The van der Waals surface area contributed by atoms with Crippen molar-refractivity contribution in [1.29, 1.82) is 0 Å². The highest BCUT2D eigenvalue weighted by Crippen LogP contribution is 2.34. The fourth-order valence-electron chi connectivity index (χ4n) is 3.22. The number of rotatable bonds is 4. The summed E-state index contributed by atoms with van der Waals surface area (Å²) in [5.41, 5.74) is 0.517. The number of ether oxygens (including phenoxy) is 1. The topological polar surface area (TPSA) is 44.1 Å². The Bertz CT molecular complexity index is 739. The summed E-state index contributed by atoms with van der Waals surface area (Å²) in [4.78, 5) is 16.5. The van der Waals surface area contributed by atoms with Crippen LogP contribution in [0.25, 0.3) is 5.69 Å². The van der Waals surface area contributed by atoms with E-state index in [0.29, 0.717) is 11.5 Å². The first kappa shape index (κ1) is 17.0. The molecule has 0 saturated heterocycles. The van der Waals surface area contributed by atoms with Gasteiger partial charge < -0.3 is 4.74 Å². The van der Waals surface area contributed by atoms with Gasteiger partial charge in [0.25, 0.3) is 0 Å². The van der Waals surface area contributed by atoms with Gasteiger partial charge in [0.1, 0.15) is 5.82 Å². The minimum Gasteiger partial charge on any atom is -0.461 e. The fraction of sp³-hybridized carbons (Fsp3) is 0.444. The van der Waals surface area contributed by atoms with E-state index in [9.17, 15) is 9.18 Å². The van der Waals surface area contributed by atoms with E-state index in [4.69, 9.17) is 16.3 Å². The van der Waals surface area contributed by atoms with Gasteiger partial charge in [0.05, 0.1) is 17.3 Å². The maximum absolute atomic E-state index is 14.5. The van der Waals surface area contributed by atoms with Crippen LogP contribution in [0.4, 0.5) is 4.39 Å². The standard InChI is InChI=1S/C18H20ClFN2O2/c1-2-24-18(23)14-11-22(15-10-6-9-13(19)16(15)20)17(21-14)12-7-4-3-5-8-12/h6,9-12H,2-5,7-8H2,1H3. The first-order valence-electron chi connectivity index (χ1n) is 8.32. The van der Waals surface area contributed by atoms with Crippen LogP contribution >= 0.6 is 11.6 Å². The molecule has 1 aliphatic carbocycles. The van der Waals surface area contributed by atoms with E-state index in [-0.39, 0.29) is 23.2 Å². The third kappa shape index (κ3) is 3.31. The third-order valence-corrected chi connectivity index (χ3v) is 4.67. The van der Waals surface area contributed by atoms with Crippen molar-refractivity contribution in [1.82, 2.24) is 9.55 Å². The van der Waals surface area contributed by atoms with E-state index in [0.717, 1.165) is 25.7 Å². The lowest BCUT2D eigenvalue weighted by molar-refractivity contribution is 0.0520. The van der Waals surface area contributed by atoms with Gasteiger partial charge in [-0.05, 0) is 31.9 Å². The van der Waals surface area contributed by atoms with Crippen molar-refractivity contribution in [2.24, 2.45) is 0 Å². The van der Waals surface area contributed by atoms with Crippen molar-refractivity contribution in [3.05, 3.63) is 46.8 Å². The van der Waals surface area contributed by atoms with Crippen molar-refractivity contribution in [2.75, 3.05) is 6.61 Å². The maximum atomic E-state index is 14.5. The molecule has 0 aliphatic heterocycles. The molecule has 1 saturated carbocycles. The molecule has 0 amide bonds. The van der Waals surface area contributed by atoms with E-state index in [1.807, 2.05) is 0 Å². The lowest BCUT2D eigenvalue weighted by Crippen LogP contribution is -2.12. The molecule has 1 fully saturated rings. The van der Waals surface area contributed by atoms with Crippen LogP contribution < -0.4 is 0 Å². The molecular formula is C18H20ClFN2O2. The third-order valence-electron chi connectivity index (χ3n) is 4.38. The highest BCUT2D eigenvalue weighted by atomic mass is 35.5. The van der Waals surface area contributed by atoms with Crippen LogP contribution in [0, 0.1) is 5.82 Å². The summed E-state index contributed by atoms with van der Waals surface area (Å²) in [6.07, 6.45) is 6.96. The van der Waals surface area contributed by atoms with Crippen LogP contribution in [-0.4, -0.2) is 22.1 Å². The van der Waals surface area contributed by atoms with Crippen molar-refractivity contribution in [3.8, 4) is 5.69 Å². The zero-order valence-electron chi connectivity index (χ0n) is 13.6. The zero-order valence-corrected chi connectivity index (χ0v) is 14.4. The van der Waals surface area contributed by atoms with Crippen LogP contribution in [-0.2, 0) is 4.74 Å². The molecule has 4 nitrogen and oxygen atoms in total. The van der Waals surface area contributed by atoms with Gasteiger partial charge in [-0.2, -0.15) is 0 Å². The van der Waals surface area contributed by atoms with Crippen LogP contribution in [0.2, 0.25) is 5.02 Å². The lowest BCUT2D eigenvalue weighted by Gasteiger charge is -2.22. The monoisotopic (exact) mass is 350 g/mol. The second-order valence-corrected chi connectivity index (χ2v) is 6.39. The number of carbonyl (C=O) groups excluding carboxylic acids is 1. The summed E-state index contributed by atoms with van der Waals surface area (Å²) >= 11 is 5.92. The van der Waals surface area contributed by atoms with Gasteiger partial charge in [-0.25, -0.2) is 14.2 Å². The molecule has 0 bridgehead atoms. The lowest BCUT2D eigenvalue weighted by atomic mass is 9.88. The summed E-state index contributed by atoms with van der Waals surface area (Å²) in [6, 6.07) is 4.84. The Kier molecular flexibility index (Phi) is 5.19. The molecular weight excluding hydrogens is 331 g/mol. The SMILES string of the molecule is CCOC(=O)c1cn(-c2cccc(Cl)c2F)c(C2CCCCC2)n1. The van der Waals surface area contributed by atoms with Gasteiger partial charge >= 0.3 is 5.97 Å². The average Bonchev–Trinajstić information content (AvgIpc) is 3.03. The summed E-state index contributed by atoms with van der Waals surface area (Å²) in [5, 5.41) is 0.0495. The highest BCUT2D eigenvalue weighted by molar-refractivity contribution is 6.30. The number of hydrogen-bond donors (Lipinski definition) is 0. The number of hydrogen-bond acceptors (Lipinski definition) is 3.